The van der Waals surface area contributed by atoms with Crippen LogP contribution in [0.25, 0.3) is 0 Å². The van der Waals surface area contributed by atoms with Gasteiger partial charge in [-0.1, -0.05) is 0 Å². The molecule has 5 heteroatoms. The summed E-state index contributed by atoms with van der Waals surface area (Å²) in [7, 11) is 1.77. The van der Waals surface area contributed by atoms with Crippen LogP contribution >= 0.6 is 0 Å². The van der Waals surface area contributed by atoms with Gasteiger partial charge in [0.1, 0.15) is 0 Å². The Kier molecular flexibility index (Phi) is 3.87. The second-order valence-electron chi connectivity index (χ2n) is 2.77. The summed E-state index contributed by atoms with van der Waals surface area (Å²) < 4.78 is 0. The maximum absolute atomic E-state index is 11.2. The molecule has 0 aliphatic carbocycles. The first kappa shape index (κ1) is 10.5. The monoisotopic (exact) mass is 195 g/mol. The third-order valence-corrected chi connectivity index (χ3v) is 1.65. The van der Waals surface area contributed by atoms with E-state index in [2.05, 4.69) is 15.6 Å². The maximum atomic E-state index is 11.2. The summed E-state index contributed by atoms with van der Waals surface area (Å²) in [6.07, 6.45) is 1.86. The van der Waals surface area contributed by atoms with Gasteiger partial charge in [0.2, 0.25) is 5.91 Å². The highest BCUT2D eigenvalue weighted by Crippen LogP contribution is 2.17. The highest BCUT2D eigenvalue weighted by Gasteiger charge is 2.05. The van der Waals surface area contributed by atoms with Crippen LogP contribution in [0, 0.1) is 0 Å². The first-order valence-electron chi connectivity index (χ1n) is 4.32. The van der Waals surface area contributed by atoms with Crippen LogP contribution in [0.4, 0.5) is 5.82 Å². The Labute approximate surface area is 82.2 Å². The summed E-state index contributed by atoms with van der Waals surface area (Å²) in [6.45, 7) is 0.597. The summed E-state index contributed by atoms with van der Waals surface area (Å²) in [4.78, 5) is 15.0. The number of rotatable bonds is 4. The molecule has 0 aliphatic rings. The molecule has 0 aliphatic heterocycles. The number of pyridine rings is 1. The molecule has 5 nitrogen and oxygen atoms in total. The number of aromatic nitrogens is 1. The second kappa shape index (κ2) is 5.18. The average Bonchev–Trinajstić information content (AvgIpc) is 2.18. The molecule has 14 heavy (non-hydrogen) atoms. The number of hydrogen-bond acceptors (Lipinski definition) is 4. The van der Waals surface area contributed by atoms with Gasteiger partial charge >= 0.3 is 0 Å². The van der Waals surface area contributed by atoms with Crippen LogP contribution in [-0.2, 0) is 4.79 Å². The fraction of sp³-hybridized carbons (Fsp3) is 0.333. The van der Waals surface area contributed by atoms with E-state index in [0.29, 0.717) is 13.0 Å². The van der Waals surface area contributed by atoms with Crippen molar-refractivity contribution in [2.75, 3.05) is 18.9 Å². The molecule has 1 amide bonds. The standard InChI is InChI=1S/C9H13N3O2/c1-10-6-4-8(14)12-9-7(13)3-2-5-11-9/h2-3,5,10,13H,4,6H2,1H3,(H,11,12,14). The lowest BCUT2D eigenvalue weighted by atomic mass is 10.3. The minimum absolute atomic E-state index is 0.0229. The lowest BCUT2D eigenvalue weighted by molar-refractivity contribution is -0.116. The molecular formula is C9H13N3O2. The first-order chi connectivity index (χ1) is 6.74. The molecule has 0 spiro atoms. The van der Waals surface area contributed by atoms with E-state index in [1.165, 1.54) is 12.3 Å². The van der Waals surface area contributed by atoms with Gasteiger partial charge in [0.15, 0.2) is 11.6 Å². The van der Waals surface area contributed by atoms with Crippen molar-refractivity contribution in [2.45, 2.75) is 6.42 Å². The van der Waals surface area contributed by atoms with Gasteiger partial charge in [-0.3, -0.25) is 4.79 Å². The summed E-state index contributed by atoms with van der Waals surface area (Å²) in [6, 6.07) is 3.07. The van der Waals surface area contributed by atoms with Crippen LogP contribution in [0.2, 0.25) is 0 Å². The SMILES string of the molecule is CNCCC(=O)Nc1ncccc1O. The summed E-state index contributed by atoms with van der Waals surface area (Å²) in [5, 5.41) is 14.7. The molecule has 1 aromatic rings. The fourth-order valence-electron chi connectivity index (χ4n) is 0.926. The van der Waals surface area contributed by atoms with Crippen LogP contribution in [0.5, 0.6) is 5.75 Å². The van der Waals surface area contributed by atoms with Gasteiger partial charge in [0, 0.05) is 19.2 Å². The van der Waals surface area contributed by atoms with Crippen molar-refractivity contribution in [2.24, 2.45) is 0 Å². The number of amides is 1. The number of anilines is 1. The van der Waals surface area contributed by atoms with Gasteiger partial charge in [-0.05, 0) is 19.2 Å². The van der Waals surface area contributed by atoms with Crippen molar-refractivity contribution >= 4 is 11.7 Å². The lowest BCUT2D eigenvalue weighted by Crippen LogP contribution is -2.19. The Balaban J connectivity index is 2.52. The van der Waals surface area contributed by atoms with E-state index in [9.17, 15) is 9.90 Å². The molecule has 0 radical (unpaired) electrons. The van der Waals surface area contributed by atoms with Crippen LogP contribution < -0.4 is 10.6 Å². The van der Waals surface area contributed by atoms with E-state index in [-0.39, 0.29) is 17.5 Å². The van der Waals surface area contributed by atoms with E-state index >= 15 is 0 Å². The lowest BCUT2D eigenvalue weighted by Gasteiger charge is -2.04. The van der Waals surface area contributed by atoms with Crippen LogP contribution in [0.3, 0.4) is 0 Å². The minimum Gasteiger partial charge on any atom is -0.504 e. The molecule has 0 saturated heterocycles. The third-order valence-electron chi connectivity index (χ3n) is 1.65. The van der Waals surface area contributed by atoms with Crippen molar-refractivity contribution < 1.29 is 9.90 Å². The third kappa shape index (κ3) is 3.02. The Morgan fingerprint density at radius 2 is 2.43 bits per heavy atom. The zero-order valence-electron chi connectivity index (χ0n) is 7.95. The van der Waals surface area contributed by atoms with Crippen molar-refractivity contribution in [3.63, 3.8) is 0 Å². The van der Waals surface area contributed by atoms with Crippen molar-refractivity contribution in [3.8, 4) is 5.75 Å². The van der Waals surface area contributed by atoms with E-state index in [1.54, 1.807) is 13.1 Å². The number of carbonyl (C=O) groups is 1. The van der Waals surface area contributed by atoms with Crippen LogP contribution in [0.15, 0.2) is 18.3 Å². The van der Waals surface area contributed by atoms with Crippen molar-refractivity contribution in [1.29, 1.82) is 0 Å². The van der Waals surface area contributed by atoms with Gasteiger partial charge in [0.05, 0.1) is 0 Å². The number of carbonyl (C=O) groups excluding carboxylic acids is 1. The van der Waals surface area contributed by atoms with Gasteiger partial charge in [-0.25, -0.2) is 4.98 Å². The Hall–Kier alpha value is -1.62. The molecule has 0 aromatic carbocycles. The Morgan fingerprint density at radius 1 is 1.64 bits per heavy atom. The molecule has 0 saturated carbocycles. The van der Waals surface area contributed by atoms with E-state index in [1.807, 2.05) is 0 Å². The maximum Gasteiger partial charge on any atom is 0.226 e. The molecule has 0 unspecified atom stereocenters. The predicted molar refractivity (Wildman–Crippen MR) is 53.1 cm³/mol. The Bertz CT molecular complexity index is 315. The highest BCUT2D eigenvalue weighted by molar-refractivity contribution is 5.91. The zero-order valence-corrected chi connectivity index (χ0v) is 7.95. The molecule has 76 valence electrons. The topological polar surface area (TPSA) is 74.2 Å². The molecule has 1 rings (SSSR count). The molecular weight excluding hydrogens is 182 g/mol. The molecule has 0 fully saturated rings. The van der Waals surface area contributed by atoms with E-state index in [4.69, 9.17) is 0 Å². The van der Waals surface area contributed by atoms with Gasteiger partial charge in [-0.2, -0.15) is 0 Å². The molecule has 1 aromatic heterocycles. The molecule has 0 atom stereocenters. The Morgan fingerprint density at radius 3 is 3.07 bits per heavy atom. The van der Waals surface area contributed by atoms with E-state index in [0.717, 1.165) is 0 Å². The zero-order chi connectivity index (χ0) is 10.4. The smallest absolute Gasteiger partial charge is 0.226 e. The summed E-state index contributed by atoms with van der Waals surface area (Å²) in [5.74, 6) is 0.00672. The normalized spacial score (nSPS) is 9.79. The quantitative estimate of drug-likeness (QED) is 0.647. The second-order valence-corrected chi connectivity index (χ2v) is 2.77. The largest absolute Gasteiger partial charge is 0.504 e. The highest BCUT2D eigenvalue weighted by atomic mass is 16.3. The predicted octanol–water partition coefficient (Wildman–Crippen LogP) is 0.335. The summed E-state index contributed by atoms with van der Waals surface area (Å²) >= 11 is 0. The van der Waals surface area contributed by atoms with E-state index < -0.39 is 0 Å². The van der Waals surface area contributed by atoms with Crippen molar-refractivity contribution in [3.05, 3.63) is 18.3 Å². The molecule has 0 bridgehead atoms. The van der Waals surface area contributed by atoms with Gasteiger partial charge in [0.25, 0.3) is 0 Å². The van der Waals surface area contributed by atoms with Crippen molar-refractivity contribution in [1.82, 2.24) is 10.3 Å². The molecule has 1 heterocycles. The van der Waals surface area contributed by atoms with Gasteiger partial charge in [-0.15, -0.1) is 0 Å². The van der Waals surface area contributed by atoms with Crippen LogP contribution in [-0.4, -0.2) is 29.6 Å². The van der Waals surface area contributed by atoms with Crippen LogP contribution in [0.1, 0.15) is 6.42 Å². The fourth-order valence-corrected chi connectivity index (χ4v) is 0.926. The molecule has 3 N–H and O–H groups in total. The number of nitrogens with zero attached hydrogens (tertiary/aromatic N) is 1. The number of nitrogens with one attached hydrogen (secondary N) is 2. The summed E-state index contributed by atoms with van der Waals surface area (Å²) in [5.41, 5.74) is 0. The number of aromatic hydroxyl groups is 1. The van der Waals surface area contributed by atoms with Gasteiger partial charge < -0.3 is 15.7 Å². The minimum atomic E-state index is -0.173. The average molecular weight is 195 g/mol. The number of hydrogen-bond donors (Lipinski definition) is 3. The first-order valence-corrected chi connectivity index (χ1v) is 4.32.